The van der Waals surface area contributed by atoms with Crippen molar-refractivity contribution < 1.29 is 9.53 Å². The van der Waals surface area contributed by atoms with Crippen LogP contribution in [0.5, 0.6) is 5.75 Å². The van der Waals surface area contributed by atoms with Crippen molar-refractivity contribution in [1.29, 1.82) is 0 Å². The lowest BCUT2D eigenvalue weighted by molar-refractivity contribution is -0.120. The van der Waals surface area contributed by atoms with Gasteiger partial charge >= 0.3 is 0 Å². The number of fused-ring (bicyclic) bond motifs is 1. The van der Waals surface area contributed by atoms with Gasteiger partial charge in [-0.05, 0) is 41.3 Å². The smallest absolute Gasteiger partial charge is 0.224 e. The molecule has 0 spiro atoms. The Labute approximate surface area is 177 Å². The maximum Gasteiger partial charge on any atom is 0.224 e. The van der Waals surface area contributed by atoms with Crippen LogP contribution < -0.4 is 10.1 Å². The van der Waals surface area contributed by atoms with Crippen molar-refractivity contribution in [3.63, 3.8) is 0 Å². The number of aryl methyl sites for hydroxylation is 1. The van der Waals surface area contributed by atoms with Crippen molar-refractivity contribution >= 4 is 16.8 Å². The Balaban J connectivity index is 1.24. The van der Waals surface area contributed by atoms with Crippen LogP contribution in [0.15, 0.2) is 85.1 Å². The second-order valence-corrected chi connectivity index (χ2v) is 7.48. The molecule has 1 amide bonds. The summed E-state index contributed by atoms with van der Waals surface area (Å²) < 4.78 is 7.89. The number of aromatic nitrogens is 1. The number of carbonyl (C=O) groups is 1. The molecule has 1 aromatic heterocycles. The molecule has 0 bridgehead atoms. The number of para-hydroxylation sites is 1. The predicted octanol–water partition coefficient (Wildman–Crippen LogP) is 4.66. The maximum atomic E-state index is 12.4. The van der Waals surface area contributed by atoms with E-state index in [0.717, 1.165) is 34.2 Å². The third kappa shape index (κ3) is 4.90. The first-order valence-corrected chi connectivity index (χ1v) is 10.2. The predicted molar refractivity (Wildman–Crippen MR) is 121 cm³/mol. The molecule has 3 aromatic carbocycles. The first-order chi connectivity index (χ1) is 14.7. The molecule has 4 nitrogen and oxygen atoms in total. The van der Waals surface area contributed by atoms with Crippen molar-refractivity contribution in [1.82, 2.24) is 9.88 Å². The molecular weight excluding hydrogens is 372 g/mol. The Morgan fingerprint density at radius 3 is 2.43 bits per heavy atom. The Hall–Kier alpha value is -3.53. The number of hydrogen-bond donors (Lipinski definition) is 1. The van der Waals surface area contributed by atoms with Gasteiger partial charge in [0.2, 0.25) is 5.91 Å². The van der Waals surface area contributed by atoms with Crippen molar-refractivity contribution in [3.05, 3.63) is 102 Å². The van der Waals surface area contributed by atoms with Crippen LogP contribution in [0.2, 0.25) is 0 Å². The summed E-state index contributed by atoms with van der Waals surface area (Å²) in [7, 11) is 2.01. The van der Waals surface area contributed by atoms with Crippen LogP contribution >= 0.6 is 0 Å². The molecule has 0 atom stereocenters. The fourth-order valence-corrected chi connectivity index (χ4v) is 3.64. The Morgan fingerprint density at radius 2 is 1.63 bits per heavy atom. The number of ether oxygens (including phenoxy) is 1. The highest BCUT2D eigenvalue weighted by atomic mass is 16.5. The number of carbonyl (C=O) groups excluding carboxylic acids is 1. The highest BCUT2D eigenvalue weighted by molar-refractivity contribution is 5.89. The molecule has 1 N–H and O–H groups in total. The van der Waals surface area contributed by atoms with Gasteiger partial charge in [0.15, 0.2) is 0 Å². The minimum absolute atomic E-state index is 0.0502. The molecular formula is C26H26N2O2. The van der Waals surface area contributed by atoms with E-state index >= 15 is 0 Å². The maximum absolute atomic E-state index is 12.4. The highest BCUT2D eigenvalue weighted by Gasteiger charge is 2.10. The van der Waals surface area contributed by atoms with E-state index in [1.165, 1.54) is 5.56 Å². The number of nitrogens with zero attached hydrogens (tertiary/aromatic N) is 1. The molecule has 152 valence electrons. The van der Waals surface area contributed by atoms with Gasteiger partial charge in [0, 0.05) is 30.7 Å². The first-order valence-electron chi connectivity index (χ1n) is 10.2. The normalized spacial score (nSPS) is 10.8. The zero-order valence-corrected chi connectivity index (χ0v) is 17.2. The fourth-order valence-electron chi connectivity index (χ4n) is 3.64. The minimum Gasteiger partial charge on any atom is -0.489 e. The van der Waals surface area contributed by atoms with Crippen LogP contribution in [-0.4, -0.2) is 17.0 Å². The van der Waals surface area contributed by atoms with E-state index < -0.39 is 0 Å². The standard InChI is InChI=1S/C26H26N2O2/c1-28-18-22(24-9-5-6-10-25(24)28)17-26(29)27-16-15-20-11-13-23(14-12-20)30-19-21-7-3-2-4-8-21/h2-14,18H,15-17,19H2,1H3,(H,27,29). The van der Waals surface area contributed by atoms with Gasteiger partial charge in [-0.2, -0.15) is 0 Å². The average Bonchev–Trinajstić information content (AvgIpc) is 3.09. The molecule has 1 heterocycles. The van der Waals surface area contributed by atoms with Gasteiger partial charge in [0.1, 0.15) is 12.4 Å². The van der Waals surface area contributed by atoms with Gasteiger partial charge in [0.05, 0.1) is 6.42 Å². The van der Waals surface area contributed by atoms with Crippen molar-refractivity contribution in [3.8, 4) is 5.75 Å². The van der Waals surface area contributed by atoms with E-state index in [-0.39, 0.29) is 5.91 Å². The molecule has 4 heteroatoms. The van der Waals surface area contributed by atoms with Gasteiger partial charge in [-0.15, -0.1) is 0 Å². The van der Waals surface area contributed by atoms with E-state index in [9.17, 15) is 4.79 Å². The minimum atomic E-state index is 0.0502. The van der Waals surface area contributed by atoms with E-state index in [2.05, 4.69) is 46.3 Å². The molecule has 4 aromatic rings. The fraction of sp³-hybridized carbons (Fsp3) is 0.192. The first kappa shape index (κ1) is 19.8. The second kappa shape index (κ2) is 9.31. The zero-order valence-electron chi connectivity index (χ0n) is 17.2. The molecule has 0 saturated carbocycles. The van der Waals surface area contributed by atoms with Crippen LogP contribution in [-0.2, 0) is 31.3 Å². The zero-order chi connectivity index (χ0) is 20.8. The third-order valence-electron chi connectivity index (χ3n) is 5.24. The van der Waals surface area contributed by atoms with Crippen molar-refractivity contribution in [2.24, 2.45) is 7.05 Å². The average molecular weight is 399 g/mol. The number of benzene rings is 3. The molecule has 0 aliphatic rings. The molecule has 0 fully saturated rings. The van der Waals surface area contributed by atoms with E-state index in [4.69, 9.17) is 4.74 Å². The van der Waals surface area contributed by atoms with Crippen LogP contribution in [0, 0.1) is 0 Å². The summed E-state index contributed by atoms with van der Waals surface area (Å²) in [5, 5.41) is 4.18. The summed E-state index contributed by atoms with van der Waals surface area (Å²) >= 11 is 0. The van der Waals surface area contributed by atoms with Crippen LogP contribution in [0.4, 0.5) is 0 Å². The Morgan fingerprint density at radius 1 is 0.900 bits per heavy atom. The van der Waals surface area contributed by atoms with Gasteiger partial charge < -0.3 is 14.6 Å². The SMILES string of the molecule is Cn1cc(CC(=O)NCCc2ccc(OCc3ccccc3)cc2)c2ccccc21. The molecule has 0 aliphatic carbocycles. The summed E-state index contributed by atoms with van der Waals surface area (Å²) in [5.41, 5.74) is 4.53. The monoisotopic (exact) mass is 398 g/mol. The van der Waals surface area contributed by atoms with Gasteiger partial charge in [0.25, 0.3) is 0 Å². The van der Waals surface area contributed by atoms with Crippen molar-refractivity contribution in [2.45, 2.75) is 19.4 Å². The van der Waals surface area contributed by atoms with Crippen LogP contribution in [0.25, 0.3) is 10.9 Å². The summed E-state index contributed by atoms with van der Waals surface area (Å²) in [5.74, 6) is 0.900. The lowest BCUT2D eigenvalue weighted by Crippen LogP contribution is -2.27. The summed E-state index contributed by atoms with van der Waals surface area (Å²) in [6, 6.07) is 26.4. The third-order valence-corrected chi connectivity index (χ3v) is 5.24. The van der Waals surface area contributed by atoms with Crippen LogP contribution in [0.1, 0.15) is 16.7 Å². The number of nitrogens with one attached hydrogen (secondary N) is 1. The van der Waals surface area contributed by atoms with E-state index in [0.29, 0.717) is 19.6 Å². The highest BCUT2D eigenvalue weighted by Crippen LogP contribution is 2.20. The molecule has 0 aliphatic heterocycles. The second-order valence-electron chi connectivity index (χ2n) is 7.48. The van der Waals surface area contributed by atoms with E-state index in [1.54, 1.807) is 0 Å². The summed E-state index contributed by atoms with van der Waals surface area (Å²) in [6.07, 6.45) is 3.23. The van der Waals surface area contributed by atoms with Crippen LogP contribution in [0.3, 0.4) is 0 Å². The lowest BCUT2D eigenvalue weighted by atomic mass is 10.1. The summed E-state index contributed by atoms with van der Waals surface area (Å²) in [6.45, 7) is 1.18. The van der Waals surface area contributed by atoms with Crippen molar-refractivity contribution in [2.75, 3.05) is 6.54 Å². The summed E-state index contributed by atoms with van der Waals surface area (Å²) in [4.78, 5) is 12.4. The number of hydrogen-bond acceptors (Lipinski definition) is 2. The number of rotatable bonds is 8. The topological polar surface area (TPSA) is 43.3 Å². The molecule has 0 saturated heterocycles. The molecule has 4 rings (SSSR count). The molecule has 30 heavy (non-hydrogen) atoms. The quantitative estimate of drug-likeness (QED) is 0.469. The van der Waals surface area contributed by atoms with Gasteiger partial charge in [-0.25, -0.2) is 0 Å². The number of amides is 1. The Bertz CT molecular complexity index is 1110. The van der Waals surface area contributed by atoms with Gasteiger partial charge in [-0.1, -0.05) is 60.7 Å². The molecule has 0 unspecified atom stereocenters. The molecule has 0 radical (unpaired) electrons. The van der Waals surface area contributed by atoms with Gasteiger partial charge in [-0.3, -0.25) is 4.79 Å². The van der Waals surface area contributed by atoms with E-state index in [1.807, 2.05) is 55.7 Å². The Kier molecular flexibility index (Phi) is 6.14. The largest absolute Gasteiger partial charge is 0.489 e. The lowest BCUT2D eigenvalue weighted by Gasteiger charge is -2.08.